The van der Waals surface area contributed by atoms with Crippen molar-refractivity contribution in [2.75, 3.05) is 40.3 Å². The van der Waals surface area contributed by atoms with Crippen LogP contribution in [-0.4, -0.2) is 60.8 Å². The Morgan fingerprint density at radius 2 is 1.75 bits per heavy atom. The van der Waals surface area contributed by atoms with E-state index in [9.17, 15) is 5.11 Å². The van der Waals surface area contributed by atoms with Crippen LogP contribution in [0.15, 0.2) is 0 Å². The molecule has 1 aliphatic rings. The summed E-state index contributed by atoms with van der Waals surface area (Å²) in [5.74, 6) is 0. The van der Waals surface area contributed by atoms with Crippen molar-refractivity contribution in [2.45, 2.75) is 39.2 Å². The molecule has 1 saturated heterocycles. The number of likely N-dealkylation sites (tertiary alicyclic amines) is 1. The van der Waals surface area contributed by atoms with Crippen LogP contribution in [0.3, 0.4) is 0 Å². The molecular formula is C13H28N2O. The second kappa shape index (κ2) is 5.03. The van der Waals surface area contributed by atoms with Crippen molar-refractivity contribution >= 4 is 0 Å². The van der Waals surface area contributed by atoms with Gasteiger partial charge in [0.05, 0.1) is 5.60 Å². The van der Waals surface area contributed by atoms with Gasteiger partial charge >= 0.3 is 0 Å². The molecule has 16 heavy (non-hydrogen) atoms. The van der Waals surface area contributed by atoms with E-state index in [1.807, 2.05) is 25.9 Å². The molecule has 1 fully saturated rings. The van der Waals surface area contributed by atoms with Crippen molar-refractivity contribution in [1.29, 1.82) is 0 Å². The summed E-state index contributed by atoms with van der Waals surface area (Å²) in [6, 6.07) is 0. The summed E-state index contributed by atoms with van der Waals surface area (Å²) in [6.45, 7) is 10.3. The molecule has 1 aliphatic heterocycles. The Balaban J connectivity index is 2.36. The van der Waals surface area contributed by atoms with Gasteiger partial charge in [0.15, 0.2) is 0 Å². The summed E-state index contributed by atoms with van der Waals surface area (Å²) in [5, 5.41) is 10.3. The van der Waals surface area contributed by atoms with Crippen molar-refractivity contribution < 1.29 is 5.11 Å². The van der Waals surface area contributed by atoms with Gasteiger partial charge in [-0.25, -0.2) is 0 Å². The van der Waals surface area contributed by atoms with Gasteiger partial charge in [0, 0.05) is 26.2 Å². The quantitative estimate of drug-likeness (QED) is 0.745. The van der Waals surface area contributed by atoms with Crippen LogP contribution >= 0.6 is 0 Å². The maximum atomic E-state index is 10.3. The summed E-state index contributed by atoms with van der Waals surface area (Å²) in [6.07, 6.45) is 2.52. The Morgan fingerprint density at radius 3 is 2.12 bits per heavy atom. The second-order valence-electron chi connectivity index (χ2n) is 6.09. The van der Waals surface area contributed by atoms with Crippen LogP contribution in [0.25, 0.3) is 0 Å². The molecule has 1 rings (SSSR count). The van der Waals surface area contributed by atoms with E-state index in [2.05, 4.69) is 18.7 Å². The van der Waals surface area contributed by atoms with E-state index in [0.717, 1.165) is 26.2 Å². The van der Waals surface area contributed by atoms with Crippen molar-refractivity contribution in [3.05, 3.63) is 0 Å². The molecule has 1 N–H and O–H groups in total. The first-order valence-electron chi connectivity index (χ1n) is 6.42. The van der Waals surface area contributed by atoms with Crippen LogP contribution in [0.2, 0.25) is 0 Å². The Morgan fingerprint density at radius 1 is 1.25 bits per heavy atom. The third kappa shape index (κ3) is 3.44. The molecular weight excluding hydrogens is 200 g/mol. The summed E-state index contributed by atoms with van der Waals surface area (Å²) in [7, 11) is 4.01. The lowest BCUT2D eigenvalue weighted by Gasteiger charge is -2.52. The highest BCUT2D eigenvalue weighted by atomic mass is 16.3. The van der Waals surface area contributed by atoms with Gasteiger partial charge in [-0.15, -0.1) is 0 Å². The number of aliphatic hydroxyl groups is 1. The fraction of sp³-hybridized carbons (Fsp3) is 1.00. The van der Waals surface area contributed by atoms with Gasteiger partial charge in [0.1, 0.15) is 0 Å². The lowest BCUT2D eigenvalue weighted by atomic mass is 9.74. The van der Waals surface area contributed by atoms with Crippen LogP contribution in [-0.2, 0) is 0 Å². The average Bonchev–Trinajstić information content (AvgIpc) is 2.08. The molecule has 1 heterocycles. The van der Waals surface area contributed by atoms with Gasteiger partial charge in [-0.05, 0) is 39.3 Å². The smallest absolute Gasteiger partial charge is 0.0871 e. The highest BCUT2D eigenvalue weighted by Gasteiger charge is 2.41. The third-order valence-electron chi connectivity index (χ3n) is 3.84. The molecule has 0 aromatic rings. The van der Waals surface area contributed by atoms with Gasteiger partial charge in [-0.1, -0.05) is 13.8 Å². The van der Waals surface area contributed by atoms with Gasteiger partial charge in [-0.3, -0.25) is 4.90 Å². The Bertz CT molecular complexity index is 214. The first kappa shape index (κ1) is 13.9. The molecule has 1 unspecified atom stereocenters. The predicted octanol–water partition coefficient (Wildman–Crippen LogP) is 1.42. The van der Waals surface area contributed by atoms with E-state index in [-0.39, 0.29) is 0 Å². The van der Waals surface area contributed by atoms with Gasteiger partial charge < -0.3 is 10.0 Å². The van der Waals surface area contributed by atoms with Gasteiger partial charge in [0.25, 0.3) is 0 Å². The SMILES string of the molecule is CCC1(CC)CN(CC(C)(O)CN(C)C)C1. The summed E-state index contributed by atoms with van der Waals surface area (Å²) in [5.41, 5.74) is -0.0503. The number of hydrogen-bond acceptors (Lipinski definition) is 3. The van der Waals surface area contributed by atoms with Gasteiger partial charge in [0.2, 0.25) is 0 Å². The van der Waals surface area contributed by atoms with E-state index in [4.69, 9.17) is 0 Å². The molecule has 0 aliphatic carbocycles. The van der Waals surface area contributed by atoms with Gasteiger partial charge in [-0.2, -0.15) is 0 Å². The number of β-amino-alcohol motifs (C(OH)–C–C–N with tert-alkyl or cyclic N) is 1. The normalized spacial score (nSPS) is 24.2. The Kier molecular flexibility index (Phi) is 4.38. The zero-order valence-electron chi connectivity index (χ0n) is 11.6. The maximum absolute atomic E-state index is 10.3. The Labute approximate surface area is 100 Å². The molecule has 3 nitrogen and oxygen atoms in total. The van der Waals surface area contributed by atoms with Crippen LogP contribution in [0.4, 0.5) is 0 Å². The van der Waals surface area contributed by atoms with Crippen LogP contribution in [0.5, 0.6) is 0 Å². The van der Waals surface area contributed by atoms with Crippen LogP contribution in [0.1, 0.15) is 33.6 Å². The van der Waals surface area contributed by atoms with Crippen molar-refractivity contribution in [3.63, 3.8) is 0 Å². The molecule has 0 saturated carbocycles. The monoisotopic (exact) mass is 228 g/mol. The second-order valence-corrected chi connectivity index (χ2v) is 6.09. The predicted molar refractivity (Wildman–Crippen MR) is 68.6 cm³/mol. The highest BCUT2D eigenvalue weighted by Crippen LogP contribution is 2.37. The molecule has 0 radical (unpaired) electrons. The van der Waals surface area contributed by atoms with E-state index in [1.54, 1.807) is 0 Å². The lowest BCUT2D eigenvalue weighted by Crippen LogP contribution is -2.60. The van der Waals surface area contributed by atoms with E-state index < -0.39 is 5.60 Å². The lowest BCUT2D eigenvalue weighted by molar-refractivity contribution is -0.0708. The minimum Gasteiger partial charge on any atom is -0.388 e. The molecule has 96 valence electrons. The summed E-state index contributed by atoms with van der Waals surface area (Å²) >= 11 is 0. The molecule has 0 bridgehead atoms. The average molecular weight is 228 g/mol. The number of rotatable bonds is 6. The standard InChI is InChI=1S/C13H28N2O/c1-6-13(7-2)10-15(11-13)9-12(3,16)8-14(4)5/h16H,6-11H2,1-5H3. The van der Waals surface area contributed by atoms with E-state index in [1.165, 1.54) is 12.8 Å². The summed E-state index contributed by atoms with van der Waals surface area (Å²) < 4.78 is 0. The number of nitrogens with zero attached hydrogens (tertiary/aromatic N) is 2. The first-order valence-corrected chi connectivity index (χ1v) is 6.42. The molecule has 0 aromatic carbocycles. The molecule has 0 aromatic heterocycles. The molecule has 3 heteroatoms. The first-order chi connectivity index (χ1) is 7.32. The number of hydrogen-bond donors (Lipinski definition) is 1. The zero-order valence-corrected chi connectivity index (χ0v) is 11.6. The topological polar surface area (TPSA) is 26.7 Å². The van der Waals surface area contributed by atoms with Crippen LogP contribution < -0.4 is 0 Å². The van der Waals surface area contributed by atoms with E-state index in [0.29, 0.717) is 5.41 Å². The largest absolute Gasteiger partial charge is 0.388 e. The van der Waals surface area contributed by atoms with E-state index >= 15 is 0 Å². The minimum atomic E-state index is -0.586. The zero-order chi connectivity index (χ0) is 12.4. The van der Waals surface area contributed by atoms with Crippen molar-refractivity contribution in [1.82, 2.24) is 9.80 Å². The third-order valence-corrected chi connectivity index (χ3v) is 3.84. The fourth-order valence-corrected chi connectivity index (χ4v) is 2.92. The molecule has 0 spiro atoms. The minimum absolute atomic E-state index is 0.536. The highest BCUT2D eigenvalue weighted by molar-refractivity contribution is 4.95. The van der Waals surface area contributed by atoms with Crippen molar-refractivity contribution in [3.8, 4) is 0 Å². The molecule has 0 amide bonds. The maximum Gasteiger partial charge on any atom is 0.0871 e. The number of likely N-dealkylation sites (N-methyl/N-ethyl adjacent to an activating group) is 1. The van der Waals surface area contributed by atoms with Crippen molar-refractivity contribution in [2.24, 2.45) is 5.41 Å². The summed E-state index contributed by atoms with van der Waals surface area (Å²) in [4.78, 5) is 4.43. The molecule has 1 atom stereocenters. The fourth-order valence-electron chi connectivity index (χ4n) is 2.92. The van der Waals surface area contributed by atoms with Crippen LogP contribution in [0, 0.1) is 5.41 Å². The Hall–Kier alpha value is -0.120.